The molecule has 0 aliphatic heterocycles. The molecule has 0 spiro atoms. The minimum atomic E-state index is -0.458. The maximum atomic E-state index is 12.6. The molecule has 0 saturated heterocycles. The molecule has 1 atom stereocenters. The first-order valence-corrected chi connectivity index (χ1v) is 9.48. The van der Waals surface area contributed by atoms with E-state index in [1.807, 2.05) is 49.4 Å². The Morgan fingerprint density at radius 2 is 1.90 bits per heavy atom. The molecule has 148 valence electrons. The molecule has 8 heteroatoms. The second kappa shape index (κ2) is 7.00. The van der Waals surface area contributed by atoms with E-state index in [1.54, 1.807) is 24.9 Å². The van der Waals surface area contributed by atoms with E-state index in [-0.39, 0.29) is 6.04 Å². The first kappa shape index (κ1) is 17.9. The molecule has 0 aliphatic carbocycles. The van der Waals surface area contributed by atoms with Gasteiger partial charge in [0.25, 0.3) is 5.56 Å². The highest BCUT2D eigenvalue weighted by Crippen LogP contribution is 2.26. The zero-order valence-corrected chi connectivity index (χ0v) is 16.1. The lowest BCUT2D eigenvalue weighted by Gasteiger charge is -2.17. The van der Waals surface area contributed by atoms with Gasteiger partial charge in [0.05, 0.1) is 41.5 Å². The first-order valence-electron chi connectivity index (χ1n) is 9.48. The largest absolute Gasteiger partial charge is 0.345 e. The third-order valence-corrected chi connectivity index (χ3v) is 5.33. The molecule has 5 rings (SSSR count). The van der Waals surface area contributed by atoms with Gasteiger partial charge in [-0.3, -0.25) is 19.4 Å². The van der Waals surface area contributed by atoms with E-state index < -0.39 is 11.2 Å². The number of para-hydroxylation sites is 1. The van der Waals surface area contributed by atoms with Crippen LogP contribution in [0.25, 0.3) is 33.3 Å². The molecule has 5 aromatic rings. The van der Waals surface area contributed by atoms with Gasteiger partial charge in [0.2, 0.25) is 0 Å². The Labute approximate surface area is 170 Å². The van der Waals surface area contributed by atoms with Gasteiger partial charge >= 0.3 is 5.69 Å². The number of nitrogens with zero attached hydrogens (tertiary/aromatic N) is 3. The van der Waals surface area contributed by atoms with Crippen molar-refractivity contribution in [1.82, 2.24) is 29.7 Å². The highest BCUT2D eigenvalue weighted by molar-refractivity contribution is 5.92. The summed E-state index contributed by atoms with van der Waals surface area (Å²) in [6, 6.07) is 13.2. The number of rotatable bonds is 4. The maximum absolute atomic E-state index is 12.6. The van der Waals surface area contributed by atoms with Gasteiger partial charge in [0.15, 0.2) is 0 Å². The fourth-order valence-corrected chi connectivity index (χ4v) is 3.70. The zero-order chi connectivity index (χ0) is 20.7. The molecule has 0 radical (unpaired) electrons. The molecule has 0 aliphatic rings. The summed E-state index contributed by atoms with van der Waals surface area (Å²) in [5.74, 6) is 0. The van der Waals surface area contributed by atoms with Crippen molar-refractivity contribution in [3.8, 4) is 22.4 Å². The summed E-state index contributed by atoms with van der Waals surface area (Å²) in [6.45, 7) is 1.92. The predicted octanol–water partition coefficient (Wildman–Crippen LogP) is 3.08. The summed E-state index contributed by atoms with van der Waals surface area (Å²) in [6.07, 6.45) is 6.69. The second-order valence-electron chi connectivity index (χ2n) is 7.12. The number of imidazole rings is 1. The van der Waals surface area contributed by atoms with Gasteiger partial charge < -0.3 is 4.98 Å². The molecule has 3 aromatic heterocycles. The molecule has 2 aromatic carbocycles. The SMILES string of the molecule is C[C@@H](c1cccc(-c2cnc[nH]2)c1)n1cc(-c2cccc3cn[nH]c23)c(=O)[nH]c1=O. The lowest BCUT2D eigenvalue weighted by atomic mass is 10.0. The molecular weight excluding hydrogens is 380 g/mol. The van der Waals surface area contributed by atoms with Crippen LogP contribution in [0.15, 0.2) is 77.0 Å². The fourth-order valence-electron chi connectivity index (χ4n) is 3.70. The third-order valence-electron chi connectivity index (χ3n) is 5.33. The molecule has 0 unspecified atom stereocenters. The number of fused-ring (bicyclic) bond motifs is 1. The van der Waals surface area contributed by atoms with Crippen LogP contribution in [0.1, 0.15) is 18.5 Å². The molecule has 0 fully saturated rings. The Kier molecular flexibility index (Phi) is 4.17. The fraction of sp³-hybridized carbons (Fsp3) is 0.0909. The third kappa shape index (κ3) is 2.95. The van der Waals surface area contributed by atoms with E-state index in [2.05, 4.69) is 25.1 Å². The molecule has 0 bridgehead atoms. The highest BCUT2D eigenvalue weighted by atomic mass is 16.2. The van der Waals surface area contributed by atoms with Crippen molar-refractivity contribution in [3.63, 3.8) is 0 Å². The van der Waals surface area contributed by atoms with Gasteiger partial charge in [-0.2, -0.15) is 5.10 Å². The van der Waals surface area contributed by atoms with E-state index in [1.165, 1.54) is 4.57 Å². The number of nitrogens with one attached hydrogen (secondary N) is 3. The Morgan fingerprint density at radius 3 is 2.73 bits per heavy atom. The van der Waals surface area contributed by atoms with Crippen LogP contribution in [0.3, 0.4) is 0 Å². The Balaban J connectivity index is 1.63. The lowest BCUT2D eigenvalue weighted by molar-refractivity contribution is 0.596. The predicted molar refractivity (Wildman–Crippen MR) is 114 cm³/mol. The topological polar surface area (TPSA) is 112 Å². The summed E-state index contributed by atoms with van der Waals surface area (Å²) in [4.78, 5) is 34.9. The minimum Gasteiger partial charge on any atom is -0.345 e. The van der Waals surface area contributed by atoms with Crippen LogP contribution in [-0.4, -0.2) is 29.7 Å². The van der Waals surface area contributed by atoms with E-state index >= 15 is 0 Å². The van der Waals surface area contributed by atoms with Crippen molar-refractivity contribution in [2.24, 2.45) is 0 Å². The number of H-pyrrole nitrogens is 3. The second-order valence-corrected chi connectivity index (χ2v) is 7.12. The quantitative estimate of drug-likeness (QED) is 0.432. The van der Waals surface area contributed by atoms with Crippen LogP contribution >= 0.6 is 0 Å². The zero-order valence-electron chi connectivity index (χ0n) is 16.1. The van der Waals surface area contributed by atoms with Crippen molar-refractivity contribution in [1.29, 1.82) is 0 Å². The van der Waals surface area contributed by atoms with Crippen molar-refractivity contribution in [2.45, 2.75) is 13.0 Å². The molecular formula is C22H18N6O2. The standard InChI is InChI=1S/C22H18N6O2/c1-13(14-4-2-5-15(8-14)19-10-23-12-24-19)28-11-18(21(29)26-22(28)30)17-7-3-6-16-9-25-27-20(16)17/h2-13H,1H3,(H,23,24)(H,25,27)(H,26,29,30)/t13-/m0/s1. The average molecular weight is 398 g/mol. The van der Waals surface area contributed by atoms with Gasteiger partial charge in [0.1, 0.15) is 0 Å². The number of aromatic nitrogens is 6. The molecule has 0 amide bonds. The molecule has 0 saturated carbocycles. The van der Waals surface area contributed by atoms with Crippen LogP contribution in [-0.2, 0) is 0 Å². The van der Waals surface area contributed by atoms with E-state index in [9.17, 15) is 9.59 Å². The summed E-state index contributed by atoms with van der Waals surface area (Å²) >= 11 is 0. The van der Waals surface area contributed by atoms with Gasteiger partial charge in [-0.25, -0.2) is 9.78 Å². The van der Waals surface area contributed by atoms with Gasteiger partial charge in [-0.05, 0) is 24.1 Å². The van der Waals surface area contributed by atoms with Crippen molar-refractivity contribution >= 4 is 10.9 Å². The van der Waals surface area contributed by atoms with E-state index in [0.29, 0.717) is 11.1 Å². The molecule has 3 heterocycles. The summed E-state index contributed by atoms with van der Waals surface area (Å²) in [5, 5.41) is 7.89. The highest BCUT2D eigenvalue weighted by Gasteiger charge is 2.16. The van der Waals surface area contributed by atoms with Crippen LogP contribution in [0.4, 0.5) is 0 Å². The van der Waals surface area contributed by atoms with Crippen LogP contribution in [0.5, 0.6) is 0 Å². The Hall–Kier alpha value is -4.20. The van der Waals surface area contributed by atoms with E-state index in [4.69, 9.17) is 0 Å². The minimum absolute atomic E-state index is 0.294. The monoisotopic (exact) mass is 398 g/mol. The van der Waals surface area contributed by atoms with Gasteiger partial charge in [-0.1, -0.05) is 36.4 Å². The van der Waals surface area contributed by atoms with Crippen LogP contribution in [0.2, 0.25) is 0 Å². The number of hydrogen-bond donors (Lipinski definition) is 3. The first-order chi connectivity index (χ1) is 14.6. The van der Waals surface area contributed by atoms with Crippen molar-refractivity contribution in [3.05, 3.63) is 93.8 Å². The summed E-state index contributed by atoms with van der Waals surface area (Å²) < 4.78 is 1.54. The summed E-state index contributed by atoms with van der Waals surface area (Å²) in [7, 11) is 0. The van der Waals surface area contributed by atoms with Crippen molar-refractivity contribution < 1.29 is 0 Å². The van der Waals surface area contributed by atoms with Gasteiger partial charge in [0, 0.05) is 17.1 Å². The molecule has 3 N–H and O–H groups in total. The van der Waals surface area contributed by atoms with Crippen LogP contribution in [0, 0.1) is 0 Å². The van der Waals surface area contributed by atoms with Crippen LogP contribution < -0.4 is 11.2 Å². The summed E-state index contributed by atoms with van der Waals surface area (Å²) in [5.41, 5.74) is 3.75. The molecule has 30 heavy (non-hydrogen) atoms. The number of aromatic amines is 3. The number of benzene rings is 2. The van der Waals surface area contributed by atoms with E-state index in [0.717, 1.165) is 27.7 Å². The Morgan fingerprint density at radius 1 is 1.03 bits per heavy atom. The average Bonchev–Trinajstić information content (AvgIpc) is 3.45. The Bertz CT molecular complexity index is 1460. The van der Waals surface area contributed by atoms with Gasteiger partial charge in [-0.15, -0.1) is 0 Å². The number of hydrogen-bond acceptors (Lipinski definition) is 4. The van der Waals surface area contributed by atoms with Crippen molar-refractivity contribution in [2.75, 3.05) is 0 Å². The molecule has 8 nitrogen and oxygen atoms in total. The normalized spacial score (nSPS) is 12.3. The maximum Gasteiger partial charge on any atom is 0.328 e. The lowest BCUT2D eigenvalue weighted by Crippen LogP contribution is -2.32. The smallest absolute Gasteiger partial charge is 0.328 e.